The fourth-order valence-corrected chi connectivity index (χ4v) is 5.93. The summed E-state index contributed by atoms with van der Waals surface area (Å²) in [6.07, 6.45) is 4.96. The zero-order valence-corrected chi connectivity index (χ0v) is 19.9. The molecule has 1 fully saturated rings. The number of rotatable bonds is 5. The molecule has 2 amide bonds. The van der Waals surface area contributed by atoms with Gasteiger partial charge in [0.05, 0.1) is 25.1 Å². The number of carbonyl (C=O) groups is 2. The topological polar surface area (TPSA) is 58.6 Å². The van der Waals surface area contributed by atoms with E-state index >= 15 is 0 Å². The van der Waals surface area contributed by atoms with E-state index in [1.165, 1.54) is 11.1 Å². The molecule has 3 aromatic rings. The van der Waals surface area contributed by atoms with Gasteiger partial charge in [-0.3, -0.25) is 9.59 Å². The first kappa shape index (κ1) is 21.9. The van der Waals surface area contributed by atoms with Crippen LogP contribution in [0.2, 0.25) is 0 Å². The highest BCUT2D eigenvalue weighted by molar-refractivity contribution is 6.01. The number of aryl methyl sites for hydroxylation is 1. The lowest BCUT2D eigenvalue weighted by Crippen LogP contribution is -2.49. The SMILES string of the molecule is COc1cccc(C2C(C(=O)NC3CCCc4ccccc43)c3ccccc3C(=O)N2C2CC2)c1. The van der Waals surface area contributed by atoms with Crippen molar-refractivity contribution in [1.29, 1.82) is 0 Å². The highest BCUT2D eigenvalue weighted by atomic mass is 16.5. The van der Waals surface area contributed by atoms with Gasteiger partial charge in [0.1, 0.15) is 5.75 Å². The van der Waals surface area contributed by atoms with Crippen LogP contribution in [0.1, 0.15) is 76.3 Å². The molecule has 3 aliphatic rings. The minimum absolute atomic E-state index is 0.0161. The second kappa shape index (κ2) is 8.88. The van der Waals surface area contributed by atoms with Crippen LogP contribution in [-0.4, -0.2) is 29.9 Å². The van der Waals surface area contributed by atoms with Crippen LogP contribution in [0.4, 0.5) is 0 Å². The monoisotopic (exact) mass is 466 g/mol. The van der Waals surface area contributed by atoms with Crippen LogP contribution < -0.4 is 10.1 Å². The summed E-state index contributed by atoms with van der Waals surface area (Å²) in [6.45, 7) is 0. The molecule has 0 bridgehead atoms. The van der Waals surface area contributed by atoms with Crippen molar-refractivity contribution in [2.24, 2.45) is 0 Å². The minimum atomic E-state index is -0.495. The molecule has 35 heavy (non-hydrogen) atoms. The summed E-state index contributed by atoms with van der Waals surface area (Å²) in [5, 5.41) is 3.40. The van der Waals surface area contributed by atoms with Crippen molar-refractivity contribution in [2.75, 3.05) is 7.11 Å². The van der Waals surface area contributed by atoms with Gasteiger partial charge < -0.3 is 15.0 Å². The molecule has 0 radical (unpaired) electrons. The Morgan fingerprint density at radius 1 is 0.943 bits per heavy atom. The third-order valence-corrected chi connectivity index (χ3v) is 7.72. The number of ether oxygens (including phenoxy) is 1. The van der Waals surface area contributed by atoms with Crippen molar-refractivity contribution in [3.8, 4) is 5.75 Å². The van der Waals surface area contributed by atoms with E-state index in [1.54, 1.807) is 7.11 Å². The standard InChI is InChI=1S/C30H30N2O3/c1-35-22-11-6-10-20(18-22)28-27(24-13-4-5-14-25(24)30(34)32(28)21-16-17-21)29(33)31-26-15-7-9-19-8-2-3-12-23(19)26/h2-6,8,10-14,18,21,26-28H,7,9,15-17H2,1H3,(H,31,33). The second-order valence-corrected chi connectivity index (χ2v) is 9.88. The van der Waals surface area contributed by atoms with E-state index in [4.69, 9.17) is 4.74 Å². The van der Waals surface area contributed by atoms with Crippen LogP contribution in [0.3, 0.4) is 0 Å². The molecule has 3 aromatic carbocycles. The van der Waals surface area contributed by atoms with Gasteiger partial charge in [0, 0.05) is 11.6 Å². The molecule has 1 saturated carbocycles. The first-order valence-electron chi connectivity index (χ1n) is 12.6. The molecule has 3 unspecified atom stereocenters. The van der Waals surface area contributed by atoms with E-state index in [0.29, 0.717) is 5.56 Å². The molecule has 5 nitrogen and oxygen atoms in total. The number of hydrogen-bond donors (Lipinski definition) is 1. The van der Waals surface area contributed by atoms with Crippen LogP contribution >= 0.6 is 0 Å². The first-order chi connectivity index (χ1) is 17.2. The maximum Gasteiger partial charge on any atom is 0.254 e. The highest BCUT2D eigenvalue weighted by Crippen LogP contribution is 2.48. The maximum atomic E-state index is 14.2. The third kappa shape index (κ3) is 3.89. The molecular formula is C30H30N2O3. The number of methoxy groups -OCH3 is 1. The number of fused-ring (bicyclic) bond motifs is 2. The Hall–Kier alpha value is -3.60. The Balaban J connectivity index is 1.44. The van der Waals surface area contributed by atoms with Crippen molar-refractivity contribution in [2.45, 2.75) is 56.1 Å². The van der Waals surface area contributed by atoms with E-state index in [1.807, 2.05) is 59.5 Å². The van der Waals surface area contributed by atoms with Crippen LogP contribution in [-0.2, 0) is 11.2 Å². The summed E-state index contributed by atoms with van der Waals surface area (Å²) in [7, 11) is 1.64. The van der Waals surface area contributed by atoms with E-state index in [2.05, 4.69) is 23.5 Å². The van der Waals surface area contributed by atoms with Crippen LogP contribution in [0.25, 0.3) is 0 Å². The molecule has 1 heterocycles. The molecule has 2 aliphatic carbocycles. The quantitative estimate of drug-likeness (QED) is 0.553. The van der Waals surface area contributed by atoms with Crippen LogP contribution in [0, 0.1) is 0 Å². The Kier molecular flexibility index (Phi) is 5.56. The lowest BCUT2D eigenvalue weighted by molar-refractivity contribution is -0.125. The summed E-state index contributed by atoms with van der Waals surface area (Å²) in [6, 6.07) is 23.6. The van der Waals surface area contributed by atoms with Crippen molar-refractivity contribution >= 4 is 11.8 Å². The fourth-order valence-electron chi connectivity index (χ4n) is 5.93. The highest BCUT2D eigenvalue weighted by Gasteiger charge is 2.49. The van der Waals surface area contributed by atoms with Gasteiger partial charge in [-0.1, -0.05) is 54.6 Å². The maximum absolute atomic E-state index is 14.2. The average Bonchev–Trinajstić information content (AvgIpc) is 3.74. The number of nitrogens with zero attached hydrogens (tertiary/aromatic N) is 1. The number of nitrogens with one attached hydrogen (secondary N) is 1. The van der Waals surface area contributed by atoms with Gasteiger partial charge in [-0.05, 0) is 72.6 Å². The van der Waals surface area contributed by atoms with Crippen molar-refractivity contribution in [3.63, 3.8) is 0 Å². The fraction of sp³-hybridized carbons (Fsp3) is 0.333. The zero-order valence-electron chi connectivity index (χ0n) is 19.9. The molecule has 5 heteroatoms. The summed E-state index contributed by atoms with van der Waals surface area (Å²) in [5.41, 5.74) is 4.91. The van der Waals surface area contributed by atoms with Gasteiger partial charge in [0.25, 0.3) is 5.91 Å². The van der Waals surface area contributed by atoms with Gasteiger partial charge >= 0.3 is 0 Å². The Labute approximate surface area is 206 Å². The summed E-state index contributed by atoms with van der Waals surface area (Å²) in [5.74, 6) is 0.226. The minimum Gasteiger partial charge on any atom is -0.497 e. The Morgan fingerprint density at radius 2 is 1.71 bits per heavy atom. The Morgan fingerprint density at radius 3 is 2.51 bits per heavy atom. The molecule has 6 rings (SSSR count). The van der Waals surface area contributed by atoms with E-state index in [9.17, 15) is 9.59 Å². The van der Waals surface area contributed by atoms with Gasteiger partial charge in [-0.25, -0.2) is 0 Å². The van der Waals surface area contributed by atoms with Crippen molar-refractivity contribution < 1.29 is 14.3 Å². The Bertz CT molecular complexity index is 1280. The second-order valence-electron chi connectivity index (χ2n) is 9.88. The molecule has 0 spiro atoms. The molecule has 178 valence electrons. The summed E-state index contributed by atoms with van der Waals surface area (Å²) < 4.78 is 5.51. The van der Waals surface area contributed by atoms with E-state index in [-0.39, 0.29) is 29.9 Å². The van der Waals surface area contributed by atoms with Crippen LogP contribution in [0.15, 0.2) is 72.8 Å². The largest absolute Gasteiger partial charge is 0.497 e. The molecule has 1 aliphatic heterocycles. The summed E-state index contributed by atoms with van der Waals surface area (Å²) in [4.78, 5) is 29.9. The average molecular weight is 467 g/mol. The lowest BCUT2D eigenvalue weighted by atomic mass is 9.78. The van der Waals surface area contributed by atoms with Gasteiger partial charge in [0.2, 0.25) is 5.91 Å². The van der Waals surface area contributed by atoms with Crippen molar-refractivity contribution in [1.82, 2.24) is 10.2 Å². The number of amides is 2. The van der Waals surface area contributed by atoms with Crippen molar-refractivity contribution in [3.05, 3.63) is 101 Å². The number of carbonyl (C=O) groups excluding carboxylic acids is 2. The van der Waals surface area contributed by atoms with Gasteiger partial charge in [0.15, 0.2) is 0 Å². The molecule has 0 saturated heterocycles. The predicted molar refractivity (Wildman–Crippen MR) is 134 cm³/mol. The zero-order chi connectivity index (χ0) is 23.9. The molecular weight excluding hydrogens is 436 g/mol. The molecule has 0 aromatic heterocycles. The first-order valence-corrected chi connectivity index (χ1v) is 12.6. The smallest absolute Gasteiger partial charge is 0.254 e. The lowest BCUT2D eigenvalue weighted by Gasteiger charge is -2.42. The summed E-state index contributed by atoms with van der Waals surface area (Å²) >= 11 is 0. The molecule has 3 atom stereocenters. The van der Waals surface area contributed by atoms with E-state index in [0.717, 1.165) is 49.0 Å². The van der Waals surface area contributed by atoms with Gasteiger partial charge in [-0.2, -0.15) is 0 Å². The molecule has 1 N–H and O–H groups in total. The number of hydrogen-bond acceptors (Lipinski definition) is 3. The normalized spacial score (nSPS) is 23.3. The number of benzene rings is 3. The van der Waals surface area contributed by atoms with Crippen LogP contribution in [0.5, 0.6) is 5.75 Å². The third-order valence-electron chi connectivity index (χ3n) is 7.72. The van der Waals surface area contributed by atoms with E-state index < -0.39 is 5.92 Å². The predicted octanol–water partition coefficient (Wildman–Crippen LogP) is 5.33. The van der Waals surface area contributed by atoms with Gasteiger partial charge in [-0.15, -0.1) is 0 Å².